The number of fused-ring (bicyclic) bond motifs is 4. The highest BCUT2D eigenvalue weighted by atomic mass is 35.5. The lowest BCUT2D eigenvalue weighted by Gasteiger charge is -2.52. The van der Waals surface area contributed by atoms with Crippen molar-refractivity contribution in [2.75, 3.05) is 62.4 Å². The maximum absolute atomic E-state index is 12.2. The zero-order valence-electron chi connectivity index (χ0n) is 25.1. The van der Waals surface area contributed by atoms with Crippen LogP contribution in [0.2, 0.25) is 0 Å². The van der Waals surface area contributed by atoms with Crippen molar-refractivity contribution >= 4 is 23.5 Å². The molecule has 0 amide bonds. The predicted molar refractivity (Wildman–Crippen MR) is 153 cm³/mol. The summed E-state index contributed by atoms with van der Waals surface area (Å²) in [5, 5.41) is 8.38. The van der Waals surface area contributed by atoms with E-state index in [0.29, 0.717) is 71.0 Å². The lowest BCUT2D eigenvalue weighted by Crippen LogP contribution is -3.00. The molecule has 1 N–H and O–H groups in total. The summed E-state index contributed by atoms with van der Waals surface area (Å²) in [5.74, 6) is 1.32. The number of hydrogen-bond acceptors (Lipinski definition) is 9. The number of methoxy groups -OCH3 is 6. The molecule has 4 rings (SSSR count). The molecule has 236 valence electrons. The Kier molecular flexibility index (Phi) is 11.3. The molecule has 13 heteroatoms. The van der Waals surface area contributed by atoms with Crippen molar-refractivity contribution < 1.29 is 64.7 Å². The molecule has 2 heterocycles. The van der Waals surface area contributed by atoms with Crippen LogP contribution in [-0.4, -0.2) is 83.9 Å². The monoisotopic (exact) mass is 641 g/mol. The summed E-state index contributed by atoms with van der Waals surface area (Å²) in [6, 6.07) is 3.99. The fourth-order valence-corrected chi connectivity index (χ4v) is 6.48. The first kappa shape index (κ1) is 34.0. The van der Waals surface area contributed by atoms with Crippen LogP contribution >= 0.6 is 11.6 Å². The van der Waals surface area contributed by atoms with Gasteiger partial charge in [-0.3, -0.25) is 0 Å². The summed E-state index contributed by atoms with van der Waals surface area (Å²) >= 11 is 5.78. The maximum atomic E-state index is 12.2. The van der Waals surface area contributed by atoms with Crippen LogP contribution in [0.25, 0.3) is 0 Å². The van der Waals surface area contributed by atoms with Gasteiger partial charge in [-0.1, -0.05) is 11.6 Å². The van der Waals surface area contributed by atoms with Crippen LogP contribution in [0.1, 0.15) is 34.7 Å². The van der Waals surface area contributed by atoms with E-state index in [0.717, 1.165) is 35.2 Å². The topological polar surface area (TPSA) is 119 Å². The van der Waals surface area contributed by atoms with Crippen LogP contribution in [0.5, 0.6) is 34.5 Å². The fourth-order valence-electron chi connectivity index (χ4n) is 6.33. The second-order valence-electron chi connectivity index (χ2n) is 10.1. The molecule has 43 heavy (non-hydrogen) atoms. The number of ether oxygens (including phenoxy) is 7. The second-order valence-corrected chi connectivity index (χ2v) is 10.5. The number of esters is 1. The molecule has 11 nitrogen and oxygen atoms in total. The van der Waals surface area contributed by atoms with Crippen LogP contribution in [0, 0.1) is 0 Å². The molecule has 0 radical (unpaired) electrons. The summed E-state index contributed by atoms with van der Waals surface area (Å²) in [5.41, 5.74) is 4.27. The van der Waals surface area contributed by atoms with E-state index in [1.807, 2.05) is 12.1 Å². The van der Waals surface area contributed by atoms with Gasteiger partial charge >= 0.3 is 11.9 Å². The third kappa shape index (κ3) is 6.39. The highest BCUT2D eigenvalue weighted by Gasteiger charge is 2.49. The first-order valence-corrected chi connectivity index (χ1v) is 13.8. The second kappa shape index (κ2) is 14.3. The molecule has 0 saturated carbocycles. The average molecular weight is 643 g/mol. The smallest absolute Gasteiger partial charge is 0.350 e. The molecule has 2 aliphatic rings. The van der Waals surface area contributed by atoms with Crippen LogP contribution in [0.15, 0.2) is 23.2 Å². The van der Waals surface area contributed by atoms with Gasteiger partial charge in [0.1, 0.15) is 17.6 Å². The minimum absolute atomic E-state index is 0. The number of nitrogens with zero attached hydrogens (tertiary/aromatic N) is 1. The van der Waals surface area contributed by atoms with Gasteiger partial charge in [0.2, 0.25) is 11.5 Å². The van der Waals surface area contributed by atoms with E-state index < -0.39 is 17.0 Å². The average Bonchev–Trinajstić information content (AvgIpc) is 2.99. The van der Waals surface area contributed by atoms with E-state index in [-0.39, 0.29) is 25.1 Å². The minimum Gasteiger partial charge on any atom is -1.00 e. The molecule has 2 aromatic rings. The Bertz CT molecular complexity index is 1400. The van der Waals surface area contributed by atoms with Crippen LogP contribution in [-0.2, 0) is 33.7 Å². The van der Waals surface area contributed by atoms with Gasteiger partial charge in [0.15, 0.2) is 23.0 Å². The van der Waals surface area contributed by atoms with E-state index in [9.17, 15) is 9.59 Å². The molecule has 2 aromatic carbocycles. The molecule has 0 fully saturated rings. The molecule has 1 unspecified atom stereocenters. The molecular weight excluding hydrogens is 605 g/mol. The van der Waals surface area contributed by atoms with Crippen molar-refractivity contribution in [2.24, 2.45) is 0 Å². The van der Waals surface area contributed by atoms with Gasteiger partial charge in [0.25, 0.3) is 0 Å². The molecule has 0 spiro atoms. The molecular formula is C30H37Cl2NO10. The van der Waals surface area contributed by atoms with Crippen LogP contribution in [0.4, 0.5) is 0 Å². The van der Waals surface area contributed by atoms with Gasteiger partial charge in [-0.05, 0) is 23.3 Å². The first-order chi connectivity index (χ1) is 20.2. The highest BCUT2D eigenvalue weighted by Crippen LogP contribution is 2.55. The Morgan fingerprint density at radius 1 is 0.907 bits per heavy atom. The van der Waals surface area contributed by atoms with Crippen molar-refractivity contribution in [1.29, 1.82) is 0 Å². The van der Waals surface area contributed by atoms with Crippen molar-refractivity contribution in [3.8, 4) is 34.5 Å². The summed E-state index contributed by atoms with van der Waals surface area (Å²) in [7, 11) is 9.63. The number of carboxylic acids is 1. The maximum Gasteiger partial charge on any atom is 0.350 e. The van der Waals surface area contributed by atoms with Crippen LogP contribution in [0.3, 0.4) is 0 Å². The highest BCUT2D eigenvalue weighted by molar-refractivity contribution is 6.42. The van der Waals surface area contributed by atoms with E-state index in [1.165, 1.54) is 0 Å². The summed E-state index contributed by atoms with van der Waals surface area (Å²) < 4.78 is 40.5. The quantitative estimate of drug-likeness (QED) is 0.156. The molecule has 0 saturated heterocycles. The van der Waals surface area contributed by atoms with Crippen LogP contribution < -0.4 is 40.8 Å². The summed E-state index contributed by atoms with van der Waals surface area (Å²) in [6.45, 7) is 2.13. The largest absolute Gasteiger partial charge is 1.00 e. The van der Waals surface area contributed by atoms with Crippen molar-refractivity contribution in [3.63, 3.8) is 0 Å². The van der Waals surface area contributed by atoms with Gasteiger partial charge in [-0.2, -0.15) is 0 Å². The number of quaternary nitrogens is 1. The first-order valence-electron chi connectivity index (χ1n) is 13.4. The number of benzene rings is 2. The van der Waals surface area contributed by atoms with Gasteiger partial charge < -0.3 is 55.2 Å². The zero-order chi connectivity index (χ0) is 30.6. The number of carbonyl (C=O) groups is 2. The fraction of sp³-hybridized carbons (Fsp3) is 0.467. The number of carboxylic acid groups (broad SMARTS) is 1. The van der Waals surface area contributed by atoms with E-state index in [4.69, 9.17) is 49.9 Å². The lowest BCUT2D eigenvalue weighted by atomic mass is 9.80. The van der Waals surface area contributed by atoms with Crippen molar-refractivity contribution in [1.82, 2.24) is 0 Å². The van der Waals surface area contributed by atoms with Gasteiger partial charge in [0, 0.05) is 25.3 Å². The lowest BCUT2D eigenvalue weighted by molar-refractivity contribution is -0.973. The Balaban J connectivity index is 0.00000506. The van der Waals surface area contributed by atoms with Gasteiger partial charge in [0.05, 0.1) is 73.5 Å². The molecule has 0 aromatic heterocycles. The SMILES string of the molecule is COc1cc2c(c(OC)c1OC)C[N+]1(CCCOC(=O)/C(Cl)=C/C(=O)O)CCc3cc(OC)c(OC)c(OC)c3[C@H]1C2.[Cl-]. The van der Waals surface area contributed by atoms with Crippen molar-refractivity contribution in [2.45, 2.75) is 31.8 Å². The number of aliphatic carboxylic acids is 1. The summed E-state index contributed by atoms with van der Waals surface area (Å²) in [6.07, 6.45) is 2.53. The molecule has 2 aliphatic heterocycles. The van der Waals surface area contributed by atoms with Crippen molar-refractivity contribution in [3.05, 3.63) is 45.5 Å². The van der Waals surface area contributed by atoms with E-state index in [2.05, 4.69) is 0 Å². The number of carbonyl (C=O) groups excluding carboxylic acids is 1. The number of rotatable bonds is 12. The van der Waals surface area contributed by atoms with Gasteiger partial charge in [-0.25, -0.2) is 9.59 Å². The molecule has 0 bridgehead atoms. The zero-order valence-corrected chi connectivity index (χ0v) is 26.6. The predicted octanol–water partition coefficient (Wildman–Crippen LogP) is 1.05. The molecule has 2 atom stereocenters. The standard InChI is InChI=1S/C30H36ClNO10.ClH/c1-36-22-13-17-8-10-32(9-7-11-42-30(35)20(31)15-24(33)34)16-19-18(14-23(37-2)27(39-4)26(19)38-3)12-21(32)25(17)29(41-6)28(22)40-5;/h13-15,21H,7-12,16H2,1-6H3;1H/b20-15-;/t21-,32?;/m1./s1. The summed E-state index contributed by atoms with van der Waals surface area (Å²) in [4.78, 5) is 23.1. The number of hydrogen-bond donors (Lipinski definition) is 1. The Morgan fingerprint density at radius 3 is 2.05 bits per heavy atom. The minimum atomic E-state index is -1.32. The normalized spacial score (nSPS) is 18.6. The van der Waals surface area contributed by atoms with E-state index >= 15 is 0 Å². The van der Waals surface area contributed by atoms with Gasteiger partial charge in [-0.15, -0.1) is 0 Å². The van der Waals surface area contributed by atoms with E-state index in [1.54, 1.807) is 42.7 Å². The Hall–Kier alpha value is -3.54. The Morgan fingerprint density at radius 2 is 1.49 bits per heavy atom. The number of halogens is 2. The third-order valence-electron chi connectivity index (χ3n) is 8.11. The molecule has 0 aliphatic carbocycles. The Labute approximate surface area is 262 Å². The third-order valence-corrected chi connectivity index (χ3v) is 8.38.